The zero-order valence-electron chi connectivity index (χ0n) is 12.6. The molecule has 0 fully saturated rings. The third-order valence-corrected chi connectivity index (χ3v) is 4.46. The smallest absolute Gasteiger partial charge is 0.330 e. The first-order valence-electron chi connectivity index (χ1n) is 6.55. The maximum absolute atomic E-state index is 10.9. The van der Waals surface area contributed by atoms with Gasteiger partial charge in [0.2, 0.25) is 0 Å². The van der Waals surface area contributed by atoms with Gasteiger partial charge in [-0.1, -0.05) is 6.58 Å². The van der Waals surface area contributed by atoms with Crippen LogP contribution < -0.4 is 0 Å². The van der Waals surface area contributed by atoms with E-state index in [4.69, 9.17) is 18.0 Å². The van der Waals surface area contributed by atoms with E-state index in [-0.39, 0.29) is 0 Å². The second-order valence-electron chi connectivity index (χ2n) is 4.70. The van der Waals surface area contributed by atoms with E-state index in [2.05, 4.69) is 32.8 Å². The van der Waals surface area contributed by atoms with Gasteiger partial charge in [-0.3, -0.25) is 0 Å². The number of ether oxygens (including phenoxy) is 1. The van der Waals surface area contributed by atoms with Crippen LogP contribution in [0.25, 0.3) is 0 Å². The molecule has 8 heteroatoms. The maximum atomic E-state index is 10.9. The number of rotatable bonds is 10. The molecule has 0 rings (SSSR count). The van der Waals surface area contributed by atoms with E-state index < -0.39 is 30.0 Å². The van der Waals surface area contributed by atoms with Crippen LogP contribution in [0.5, 0.6) is 0 Å². The monoisotopic (exact) mass is 322 g/mol. The van der Waals surface area contributed by atoms with Crippen molar-refractivity contribution in [3.63, 3.8) is 0 Å². The molecule has 0 heterocycles. The standard InChI is InChI=1S/C11H26O5Si3/c1-6-10(12)13-9-7-8-11(14-17,15-18(2)3)16-19(4)5/h6,18-19H,1,7-9H2,2-5,17H3. The molecule has 0 aromatic carbocycles. The Kier molecular flexibility index (Phi) is 9.48. The van der Waals surface area contributed by atoms with Crippen molar-refractivity contribution in [1.29, 1.82) is 0 Å². The number of hydrogen-bond acceptors (Lipinski definition) is 5. The molecule has 0 aliphatic heterocycles. The van der Waals surface area contributed by atoms with Gasteiger partial charge in [0.1, 0.15) is 0 Å². The van der Waals surface area contributed by atoms with E-state index in [0.29, 0.717) is 29.9 Å². The van der Waals surface area contributed by atoms with Crippen molar-refractivity contribution in [3.8, 4) is 0 Å². The number of hydrogen-bond donors (Lipinski definition) is 0. The summed E-state index contributed by atoms with van der Waals surface area (Å²) in [4.78, 5) is 10.9. The van der Waals surface area contributed by atoms with Crippen LogP contribution in [0.3, 0.4) is 0 Å². The van der Waals surface area contributed by atoms with Gasteiger partial charge in [-0.2, -0.15) is 0 Å². The SMILES string of the molecule is C=CC(=O)OCCCC(O[SiH3])(O[SiH](C)C)O[SiH](C)C. The van der Waals surface area contributed by atoms with E-state index in [9.17, 15) is 4.79 Å². The number of carbonyl (C=O) groups excluding carboxylic acids is 1. The summed E-state index contributed by atoms with van der Waals surface area (Å²) < 4.78 is 22.4. The van der Waals surface area contributed by atoms with Gasteiger partial charge in [0.15, 0.2) is 28.6 Å². The van der Waals surface area contributed by atoms with Crippen LogP contribution in [-0.4, -0.2) is 47.1 Å². The highest BCUT2D eigenvalue weighted by Gasteiger charge is 2.33. The van der Waals surface area contributed by atoms with Crippen molar-refractivity contribution in [2.24, 2.45) is 0 Å². The fourth-order valence-corrected chi connectivity index (χ4v) is 4.45. The lowest BCUT2D eigenvalue weighted by Gasteiger charge is -2.36. The first-order chi connectivity index (χ1) is 8.85. The molecular weight excluding hydrogens is 296 g/mol. The van der Waals surface area contributed by atoms with Crippen molar-refractivity contribution < 1.29 is 22.8 Å². The van der Waals surface area contributed by atoms with Crippen molar-refractivity contribution in [2.75, 3.05) is 6.61 Å². The van der Waals surface area contributed by atoms with Gasteiger partial charge in [0.05, 0.1) is 6.61 Å². The Morgan fingerprint density at radius 3 is 2.16 bits per heavy atom. The third-order valence-electron chi connectivity index (χ3n) is 2.18. The quantitative estimate of drug-likeness (QED) is 0.192. The largest absolute Gasteiger partial charge is 0.463 e. The van der Waals surface area contributed by atoms with Crippen LogP contribution in [0.1, 0.15) is 12.8 Å². The predicted octanol–water partition coefficient (Wildman–Crippen LogP) is 0.447. The first kappa shape index (κ1) is 18.7. The summed E-state index contributed by atoms with van der Waals surface area (Å²) in [5.41, 5.74) is 0. The van der Waals surface area contributed by atoms with E-state index in [1.807, 2.05) is 0 Å². The molecule has 0 atom stereocenters. The van der Waals surface area contributed by atoms with Crippen LogP contribution >= 0.6 is 0 Å². The molecule has 5 nitrogen and oxygen atoms in total. The van der Waals surface area contributed by atoms with Gasteiger partial charge < -0.3 is 18.0 Å². The fraction of sp³-hybridized carbons (Fsp3) is 0.727. The van der Waals surface area contributed by atoms with E-state index in [1.165, 1.54) is 0 Å². The molecule has 0 aromatic heterocycles. The Morgan fingerprint density at radius 1 is 1.26 bits per heavy atom. The highest BCUT2D eigenvalue weighted by molar-refractivity contribution is 6.49. The fourth-order valence-electron chi connectivity index (χ4n) is 1.58. The third kappa shape index (κ3) is 8.50. The molecular formula is C11H26O5Si3. The van der Waals surface area contributed by atoms with Gasteiger partial charge in [0.25, 0.3) is 5.97 Å². The maximum Gasteiger partial charge on any atom is 0.330 e. The Labute approximate surface area is 122 Å². The molecule has 0 saturated heterocycles. The summed E-state index contributed by atoms with van der Waals surface area (Å²) >= 11 is 0. The Balaban J connectivity index is 4.39. The Hall–Kier alpha value is -0.259. The minimum Gasteiger partial charge on any atom is -0.463 e. The minimum absolute atomic E-state index is 0.323. The highest BCUT2D eigenvalue weighted by atomic mass is 28.3. The zero-order chi connectivity index (χ0) is 14.9. The van der Waals surface area contributed by atoms with E-state index in [1.54, 1.807) is 0 Å². The molecule has 0 bridgehead atoms. The van der Waals surface area contributed by atoms with Gasteiger partial charge in [-0.05, 0) is 32.6 Å². The zero-order valence-corrected chi connectivity index (χ0v) is 16.9. The van der Waals surface area contributed by atoms with Crippen molar-refractivity contribution in [1.82, 2.24) is 0 Å². The lowest BCUT2D eigenvalue weighted by atomic mass is 10.3. The Bertz CT molecular complexity index is 274. The molecule has 0 saturated carbocycles. The topological polar surface area (TPSA) is 54.0 Å². The lowest BCUT2D eigenvalue weighted by molar-refractivity contribution is -0.263. The summed E-state index contributed by atoms with van der Waals surface area (Å²) in [5.74, 6) is -1.32. The summed E-state index contributed by atoms with van der Waals surface area (Å²) in [5, 5.41) is 0. The molecule has 19 heavy (non-hydrogen) atoms. The molecule has 0 aliphatic rings. The first-order valence-corrected chi connectivity index (χ1v) is 12.9. The average Bonchev–Trinajstić information content (AvgIpc) is 2.32. The molecule has 0 spiro atoms. The van der Waals surface area contributed by atoms with Gasteiger partial charge in [0, 0.05) is 12.5 Å². The number of carbonyl (C=O) groups is 1. The van der Waals surface area contributed by atoms with Crippen LogP contribution in [0.4, 0.5) is 0 Å². The van der Waals surface area contributed by atoms with Crippen molar-refractivity contribution in [2.45, 2.75) is 45.0 Å². The minimum atomic E-state index is -1.28. The Morgan fingerprint density at radius 2 is 1.79 bits per heavy atom. The molecule has 0 radical (unpaired) electrons. The molecule has 0 aromatic rings. The van der Waals surface area contributed by atoms with Crippen molar-refractivity contribution in [3.05, 3.63) is 12.7 Å². The summed E-state index contributed by atoms with van der Waals surface area (Å²) in [6, 6.07) is 0. The molecule has 0 N–H and O–H groups in total. The van der Waals surface area contributed by atoms with Crippen molar-refractivity contribution >= 4 is 34.5 Å². The predicted molar refractivity (Wildman–Crippen MR) is 84.1 cm³/mol. The lowest BCUT2D eigenvalue weighted by Crippen LogP contribution is -2.45. The normalized spacial score (nSPS) is 12.1. The van der Waals surface area contributed by atoms with Crippen LogP contribution in [0, 0.1) is 0 Å². The van der Waals surface area contributed by atoms with Crippen LogP contribution in [0.15, 0.2) is 12.7 Å². The molecule has 0 aliphatic carbocycles. The second-order valence-corrected chi connectivity index (χ2v) is 9.77. The van der Waals surface area contributed by atoms with Gasteiger partial charge in [-0.25, -0.2) is 4.79 Å². The van der Waals surface area contributed by atoms with Crippen LogP contribution in [-0.2, 0) is 22.8 Å². The second kappa shape index (κ2) is 9.61. The van der Waals surface area contributed by atoms with Gasteiger partial charge in [-0.15, -0.1) is 0 Å². The summed E-state index contributed by atoms with van der Waals surface area (Å²) in [6.45, 7) is 12.0. The van der Waals surface area contributed by atoms with E-state index >= 15 is 0 Å². The van der Waals surface area contributed by atoms with Crippen LogP contribution in [0.2, 0.25) is 26.2 Å². The summed E-state index contributed by atoms with van der Waals surface area (Å²) in [7, 11) is -2.01. The van der Waals surface area contributed by atoms with E-state index in [0.717, 1.165) is 6.08 Å². The van der Waals surface area contributed by atoms with Gasteiger partial charge >= 0.3 is 5.97 Å². The summed E-state index contributed by atoms with van der Waals surface area (Å²) in [6.07, 6.45) is 2.38. The molecule has 112 valence electrons. The average molecular weight is 323 g/mol. The number of esters is 1. The molecule has 0 amide bonds. The highest BCUT2D eigenvalue weighted by Crippen LogP contribution is 2.23. The molecule has 0 unspecified atom stereocenters.